The van der Waals surface area contributed by atoms with E-state index in [4.69, 9.17) is 0 Å². The third-order valence-electron chi connectivity index (χ3n) is 5.23. The van der Waals surface area contributed by atoms with E-state index in [0.717, 1.165) is 25.7 Å². The molecule has 1 aliphatic heterocycles. The maximum absolute atomic E-state index is 3.48. The Balaban J connectivity index is 2.25. The molecular formula is C24H29N. The van der Waals surface area contributed by atoms with Crippen molar-refractivity contribution in [1.29, 1.82) is 0 Å². The zero-order valence-corrected chi connectivity index (χ0v) is 15.7. The lowest BCUT2D eigenvalue weighted by atomic mass is 9.83. The molecule has 130 valence electrons. The first-order chi connectivity index (χ1) is 12.3. The summed E-state index contributed by atoms with van der Waals surface area (Å²) in [7, 11) is 0. The molecule has 1 N–H and O–H groups in total. The molecule has 25 heavy (non-hydrogen) atoms. The van der Waals surface area contributed by atoms with Gasteiger partial charge < -0.3 is 5.32 Å². The second-order valence-corrected chi connectivity index (χ2v) is 6.83. The Hall–Kier alpha value is -2.28. The average molecular weight is 332 g/mol. The summed E-state index contributed by atoms with van der Waals surface area (Å²) in [6, 6.07) is 15.5. The van der Waals surface area contributed by atoms with E-state index >= 15 is 0 Å². The Morgan fingerprint density at radius 3 is 2.64 bits per heavy atom. The van der Waals surface area contributed by atoms with Crippen LogP contribution in [0.4, 0.5) is 5.69 Å². The molecule has 1 aliphatic rings. The second-order valence-electron chi connectivity index (χ2n) is 6.83. The van der Waals surface area contributed by atoms with Crippen LogP contribution in [0, 0.1) is 0 Å². The highest BCUT2D eigenvalue weighted by Gasteiger charge is 2.19. The molecule has 0 amide bonds. The topological polar surface area (TPSA) is 12.0 Å². The normalized spacial score (nSPS) is 18.6. The Labute approximate surface area is 152 Å². The monoisotopic (exact) mass is 331 g/mol. The van der Waals surface area contributed by atoms with E-state index < -0.39 is 0 Å². The Kier molecular flexibility index (Phi) is 5.75. The van der Waals surface area contributed by atoms with Gasteiger partial charge in [-0.1, -0.05) is 69.3 Å². The summed E-state index contributed by atoms with van der Waals surface area (Å²) in [5.41, 5.74) is 8.27. The van der Waals surface area contributed by atoms with Gasteiger partial charge in [-0.05, 0) is 66.1 Å². The predicted molar refractivity (Wildman–Crippen MR) is 110 cm³/mol. The number of allylic oxidation sites excluding steroid dienone is 2. The largest absolute Gasteiger partial charge is 0.362 e. The van der Waals surface area contributed by atoms with E-state index in [-0.39, 0.29) is 0 Å². The molecule has 0 saturated carbocycles. The van der Waals surface area contributed by atoms with Gasteiger partial charge in [0.2, 0.25) is 0 Å². The third kappa shape index (κ3) is 3.71. The first-order valence-electron chi connectivity index (χ1n) is 9.59. The molecule has 1 unspecified atom stereocenters. The fourth-order valence-electron chi connectivity index (χ4n) is 3.62. The molecule has 2 aromatic rings. The van der Waals surface area contributed by atoms with Crippen molar-refractivity contribution in [3.05, 3.63) is 83.1 Å². The van der Waals surface area contributed by atoms with E-state index in [1.165, 1.54) is 33.5 Å². The fourth-order valence-corrected chi connectivity index (χ4v) is 3.62. The lowest BCUT2D eigenvalue weighted by Crippen LogP contribution is -2.05. The van der Waals surface area contributed by atoms with Gasteiger partial charge in [0.05, 0.1) is 0 Å². The highest BCUT2D eigenvalue weighted by Crippen LogP contribution is 2.38. The van der Waals surface area contributed by atoms with Crippen molar-refractivity contribution in [2.45, 2.75) is 52.4 Å². The van der Waals surface area contributed by atoms with Crippen molar-refractivity contribution in [2.24, 2.45) is 0 Å². The molecule has 1 atom stereocenters. The van der Waals surface area contributed by atoms with Crippen molar-refractivity contribution < 1.29 is 0 Å². The maximum atomic E-state index is 3.48. The van der Waals surface area contributed by atoms with Gasteiger partial charge in [0.1, 0.15) is 0 Å². The van der Waals surface area contributed by atoms with E-state index in [0.29, 0.717) is 5.92 Å². The fraction of sp³-hybridized carbons (Fsp3) is 0.333. The summed E-state index contributed by atoms with van der Waals surface area (Å²) in [6.07, 6.45) is 11.1. The average Bonchev–Trinajstić information content (AvgIpc) is 2.77. The molecule has 1 nitrogen and oxygen atoms in total. The van der Waals surface area contributed by atoms with Gasteiger partial charge in [0, 0.05) is 11.3 Å². The van der Waals surface area contributed by atoms with Gasteiger partial charge in [-0.25, -0.2) is 0 Å². The molecule has 0 aromatic heterocycles. The van der Waals surface area contributed by atoms with Gasteiger partial charge in [-0.2, -0.15) is 0 Å². The summed E-state index contributed by atoms with van der Waals surface area (Å²) in [5, 5.41) is 3.48. The number of anilines is 1. The van der Waals surface area contributed by atoms with Crippen LogP contribution in [0.2, 0.25) is 0 Å². The minimum Gasteiger partial charge on any atom is -0.362 e. The molecule has 0 fully saturated rings. The molecule has 0 bridgehead atoms. The standard InChI is InChI=1S/C24H29N/c1-4-18(3)20-15-11-12-19(5-2)24(20)22-14-7-6-10-17-25-23-16-9-8-13-21(22)23/h8-18,25H,4-7H2,1-3H3/b17-10+,22-14-. The van der Waals surface area contributed by atoms with Crippen LogP contribution in [-0.2, 0) is 6.42 Å². The first kappa shape index (κ1) is 17.5. The van der Waals surface area contributed by atoms with Gasteiger partial charge in [-0.3, -0.25) is 0 Å². The van der Waals surface area contributed by atoms with Crippen molar-refractivity contribution in [1.82, 2.24) is 0 Å². The number of nitrogens with one attached hydrogen (secondary N) is 1. The minimum absolute atomic E-state index is 0.563. The van der Waals surface area contributed by atoms with Crippen molar-refractivity contribution in [2.75, 3.05) is 5.32 Å². The third-order valence-corrected chi connectivity index (χ3v) is 5.23. The SMILES string of the molecule is CCc1cccc(C(C)CC)c1/C1=C\CC/C=C/Nc2ccccc21. The van der Waals surface area contributed by atoms with Crippen LogP contribution in [-0.4, -0.2) is 0 Å². The van der Waals surface area contributed by atoms with E-state index in [1.54, 1.807) is 0 Å². The number of fused-ring (bicyclic) bond motifs is 1. The number of hydrogen-bond acceptors (Lipinski definition) is 1. The summed E-state index contributed by atoms with van der Waals surface area (Å²) in [4.78, 5) is 0. The first-order valence-corrected chi connectivity index (χ1v) is 9.59. The summed E-state index contributed by atoms with van der Waals surface area (Å²) >= 11 is 0. The molecule has 1 heteroatoms. The summed E-state index contributed by atoms with van der Waals surface area (Å²) in [5.74, 6) is 0.563. The number of para-hydroxylation sites is 1. The lowest BCUT2D eigenvalue weighted by Gasteiger charge is -2.22. The van der Waals surface area contributed by atoms with Crippen molar-refractivity contribution in [3.63, 3.8) is 0 Å². The van der Waals surface area contributed by atoms with E-state index in [1.807, 2.05) is 0 Å². The number of benzene rings is 2. The Morgan fingerprint density at radius 2 is 1.84 bits per heavy atom. The van der Waals surface area contributed by atoms with Crippen LogP contribution >= 0.6 is 0 Å². The number of rotatable bonds is 4. The van der Waals surface area contributed by atoms with Crippen LogP contribution in [0.1, 0.15) is 68.2 Å². The van der Waals surface area contributed by atoms with Crippen LogP contribution in [0.15, 0.2) is 60.8 Å². The molecule has 3 rings (SSSR count). The summed E-state index contributed by atoms with van der Waals surface area (Å²) in [6.45, 7) is 6.89. The summed E-state index contributed by atoms with van der Waals surface area (Å²) < 4.78 is 0. The maximum Gasteiger partial charge on any atom is 0.0459 e. The van der Waals surface area contributed by atoms with Crippen LogP contribution in [0.3, 0.4) is 0 Å². The predicted octanol–water partition coefficient (Wildman–Crippen LogP) is 6.91. The molecule has 2 aromatic carbocycles. The smallest absolute Gasteiger partial charge is 0.0459 e. The Morgan fingerprint density at radius 1 is 1.00 bits per heavy atom. The Bertz CT molecular complexity index is 782. The number of aryl methyl sites for hydroxylation is 1. The minimum atomic E-state index is 0.563. The van der Waals surface area contributed by atoms with Crippen LogP contribution < -0.4 is 5.32 Å². The van der Waals surface area contributed by atoms with Crippen molar-refractivity contribution >= 4 is 11.3 Å². The lowest BCUT2D eigenvalue weighted by molar-refractivity contribution is 0.729. The number of hydrogen-bond donors (Lipinski definition) is 1. The zero-order valence-electron chi connectivity index (χ0n) is 15.7. The molecule has 0 saturated heterocycles. The van der Waals surface area contributed by atoms with Gasteiger partial charge in [0.15, 0.2) is 0 Å². The quantitative estimate of drug-likeness (QED) is 0.641. The van der Waals surface area contributed by atoms with Gasteiger partial charge in [0.25, 0.3) is 0 Å². The van der Waals surface area contributed by atoms with Gasteiger partial charge in [-0.15, -0.1) is 0 Å². The molecule has 1 heterocycles. The zero-order chi connectivity index (χ0) is 17.6. The highest BCUT2D eigenvalue weighted by atomic mass is 14.8. The van der Waals surface area contributed by atoms with Crippen molar-refractivity contribution in [3.8, 4) is 0 Å². The molecule has 0 radical (unpaired) electrons. The van der Waals surface area contributed by atoms with Crippen LogP contribution in [0.5, 0.6) is 0 Å². The van der Waals surface area contributed by atoms with Crippen LogP contribution in [0.25, 0.3) is 5.57 Å². The second kappa shape index (κ2) is 8.20. The molecular weight excluding hydrogens is 302 g/mol. The molecule has 0 spiro atoms. The van der Waals surface area contributed by atoms with E-state index in [9.17, 15) is 0 Å². The highest BCUT2D eigenvalue weighted by molar-refractivity contribution is 5.89. The van der Waals surface area contributed by atoms with E-state index in [2.05, 4.69) is 86.9 Å². The molecule has 0 aliphatic carbocycles. The van der Waals surface area contributed by atoms with Gasteiger partial charge >= 0.3 is 0 Å².